The molecule has 110 valence electrons. The summed E-state index contributed by atoms with van der Waals surface area (Å²) in [7, 11) is 0. The number of aryl methyl sites for hydroxylation is 3. The zero-order chi connectivity index (χ0) is 15.1. The predicted molar refractivity (Wildman–Crippen MR) is 75.1 cm³/mol. The van der Waals surface area contributed by atoms with E-state index in [-0.39, 0.29) is 12.3 Å². The van der Waals surface area contributed by atoms with Crippen LogP contribution in [0.15, 0.2) is 18.7 Å². The van der Waals surface area contributed by atoms with E-state index in [1.807, 2.05) is 19.9 Å². The highest BCUT2D eigenvalue weighted by Gasteiger charge is 2.17. The molecule has 1 atom stereocenters. The van der Waals surface area contributed by atoms with Gasteiger partial charge in [0, 0.05) is 12.2 Å². The number of carbonyl (C=O) groups excluding carboxylic acids is 2. The number of ether oxygens (including phenoxy) is 1. The summed E-state index contributed by atoms with van der Waals surface area (Å²) in [5, 5.41) is 6.83. The molecular weight excluding hydrogens is 258 g/mol. The first-order valence-corrected chi connectivity index (χ1v) is 6.53. The third-order valence-electron chi connectivity index (χ3n) is 2.73. The lowest BCUT2D eigenvalue weighted by Crippen LogP contribution is -2.36. The lowest BCUT2D eigenvalue weighted by Gasteiger charge is -2.12. The Balaban J connectivity index is 2.38. The van der Waals surface area contributed by atoms with E-state index in [4.69, 9.17) is 4.74 Å². The summed E-state index contributed by atoms with van der Waals surface area (Å²) in [6.45, 7) is 9.66. The average molecular weight is 279 g/mol. The Morgan fingerprint density at radius 1 is 1.55 bits per heavy atom. The van der Waals surface area contributed by atoms with Crippen LogP contribution in [0.1, 0.15) is 24.7 Å². The van der Waals surface area contributed by atoms with Crippen molar-refractivity contribution in [1.82, 2.24) is 15.1 Å². The Kier molecular flexibility index (Phi) is 5.96. The van der Waals surface area contributed by atoms with Crippen molar-refractivity contribution in [3.05, 3.63) is 30.1 Å². The number of amides is 1. The standard InChI is InChI=1S/C14H21N3O3/c1-5-7-15-14(19)12(4)20-13(18)6-8-17-11(3)9-10(2)16-17/h5,9,12H,1,6-8H2,2-4H3,(H,15,19). The molecule has 1 unspecified atom stereocenters. The Hall–Kier alpha value is -2.11. The Labute approximate surface area is 118 Å². The molecule has 0 aliphatic heterocycles. The molecule has 0 fully saturated rings. The van der Waals surface area contributed by atoms with Crippen LogP contribution in [0, 0.1) is 13.8 Å². The van der Waals surface area contributed by atoms with Crippen molar-refractivity contribution in [1.29, 1.82) is 0 Å². The summed E-state index contributed by atoms with van der Waals surface area (Å²) in [6, 6.07) is 1.94. The van der Waals surface area contributed by atoms with E-state index < -0.39 is 12.1 Å². The highest BCUT2D eigenvalue weighted by atomic mass is 16.5. The van der Waals surface area contributed by atoms with Crippen LogP contribution >= 0.6 is 0 Å². The van der Waals surface area contributed by atoms with Gasteiger partial charge in [-0.1, -0.05) is 6.08 Å². The van der Waals surface area contributed by atoms with Gasteiger partial charge in [0.25, 0.3) is 5.91 Å². The molecule has 6 heteroatoms. The van der Waals surface area contributed by atoms with Crippen molar-refractivity contribution >= 4 is 11.9 Å². The Morgan fingerprint density at radius 3 is 2.80 bits per heavy atom. The molecule has 0 aliphatic carbocycles. The van der Waals surface area contributed by atoms with Gasteiger partial charge in [-0.25, -0.2) is 0 Å². The van der Waals surface area contributed by atoms with Crippen molar-refractivity contribution in [3.8, 4) is 0 Å². The largest absolute Gasteiger partial charge is 0.452 e. The van der Waals surface area contributed by atoms with Crippen molar-refractivity contribution in [3.63, 3.8) is 0 Å². The SMILES string of the molecule is C=CCNC(=O)C(C)OC(=O)CCn1nc(C)cc1C. The molecule has 6 nitrogen and oxygen atoms in total. The quantitative estimate of drug-likeness (QED) is 0.599. The van der Waals surface area contributed by atoms with Crippen LogP contribution < -0.4 is 5.32 Å². The molecule has 1 heterocycles. The van der Waals surface area contributed by atoms with Crippen LogP contribution in [0.2, 0.25) is 0 Å². The second kappa shape index (κ2) is 7.47. The molecule has 0 saturated heterocycles. The number of carbonyl (C=O) groups is 2. The number of rotatable bonds is 7. The number of nitrogens with zero attached hydrogens (tertiary/aromatic N) is 2. The summed E-state index contributed by atoms with van der Waals surface area (Å²) in [5.74, 6) is -0.747. The first kappa shape index (κ1) is 15.9. The minimum absolute atomic E-state index is 0.182. The van der Waals surface area contributed by atoms with Crippen molar-refractivity contribution in [2.75, 3.05) is 6.54 Å². The summed E-state index contributed by atoms with van der Waals surface area (Å²) in [5.41, 5.74) is 1.90. The van der Waals surface area contributed by atoms with E-state index in [1.54, 1.807) is 17.7 Å². The van der Waals surface area contributed by atoms with Gasteiger partial charge in [0.1, 0.15) is 0 Å². The van der Waals surface area contributed by atoms with Crippen LogP contribution in [0.25, 0.3) is 0 Å². The number of esters is 1. The van der Waals surface area contributed by atoms with E-state index in [9.17, 15) is 9.59 Å². The number of hydrogen-bond acceptors (Lipinski definition) is 4. The fraction of sp³-hybridized carbons (Fsp3) is 0.500. The second-order valence-electron chi connectivity index (χ2n) is 4.57. The molecule has 0 spiro atoms. The van der Waals surface area contributed by atoms with Crippen molar-refractivity contribution in [2.45, 2.75) is 39.8 Å². The fourth-order valence-corrected chi connectivity index (χ4v) is 1.72. The summed E-state index contributed by atoms with van der Waals surface area (Å²) in [6.07, 6.45) is 0.943. The van der Waals surface area contributed by atoms with Gasteiger partial charge in [-0.3, -0.25) is 14.3 Å². The van der Waals surface area contributed by atoms with Gasteiger partial charge in [-0.2, -0.15) is 5.10 Å². The van der Waals surface area contributed by atoms with Crippen LogP contribution in [-0.2, 0) is 20.9 Å². The Morgan fingerprint density at radius 2 is 2.25 bits per heavy atom. The van der Waals surface area contributed by atoms with Crippen LogP contribution in [0.5, 0.6) is 0 Å². The van der Waals surface area contributed by atoms with E-state index in [0.717, 1.165) is 11.4 Å². The molecule has 0 aliphatic rings. The smallest absolute Gasteiger partial charge is 0.308 e. The molecule has 1 aromatic rings. The minimum atomic E-state index is -0.803. The minimum Gasteiger partial charge on any atom is -0.452 e. The first-order chi connectivity index (χ1) is 9.43. The van der Waals surface area contributed by atoms with Gasteiger partial charge in [-0.05, 0) is 26.8 Å². The van der Waals surface area contributed by atoms with E-state index in [1.165, 1.54) is 0 Å². The maximum atomic E-state index is 11.7. The molecule has 1 amide bonds. The zero-order valence-corrected chi connectivity index (χ0v) is 12.2. The average Bonchev–Trinajstić information content (AvgIpc) is 2.71. The highest BCUT2D eigenvalue weighted by molar-refractivity contribution is 5.83. The van der Waals surface area contributed by atoms with E-state index in [2.05, 4.69) is 17.0 Å². The maximum absolute atomic E-state index is 11.7. The van der Waals surface area contributed by atoms with Gasteiger partial charge < -0.3 is 10.1 Å². The highest BCUT2D eigenvalue weighted by Crippen LogP contribution is 2.04. The molecule has 0 saturated carbocycles. The molecule has 0 aromatic carbocycles. The summed E-state index contributed by atoms with van der Waals surface area (Å²) < 4.78 is 6.80. The van der Waals surface area contributed by atoms with Crippen LogP contribution in [0.3, 0.4) is 0 Å². The lowest BCUT2D eigenvalue weighted by molar-refractivity contribution is -0.155. The molecule has 0 radical (unpaired) electrons. The normalized spacial score (nSPS) is 11.8. The third-order valence-corrected chi connectivity index (χ3v) is 2.73. The molecule has 1 N–H and O–H groups in total. The van der Waals surface area contributed by atoms with Gasteiger partial charge >= 0.3 is 5.97 Å². The molecule has 1 rings (SSSR count). The second-order valence-corrected chi connectivity index (χ2v) is 4.57. The number of nitrogens with one attached hydrogen (secondary N) is 1. The molecular formula is C14H21N3O3. The van der Waals surface area contributed by atoms with Crippen LogP contribution in [0.4, 0.5) is 0 Å². The van der Waals surface area contributed by atoms with Gasteiger partial charge in [0.05, 0.1) is 18.7 Å². The fourth-order valence-electron chi connectivity index (χ4n) is 1.72. The molecule has 20 heavy (non-hydrogen) atoms. The molecule has 0 bridgehead atoms. The van der Waals surface area contributed by atoms with Gasteiger partial charge in [0.2, 0.25) is 0 Å². The van der Waals surface area contributed by atoms with Crippen molar-refractivity contribution < 1.29 is 14.3 Å². The van der Waals surface area contributed by atoms with Crippen molar-refractivity contribution in [2.24, 2.45) is 0 Å². The van der Waals surface area contributed by atoms with E-state index >= 15 is 0 Å². The zero-order valence-electron chi connectivity index (χ0n) is 12.2. The Bertz CT molecular complexity index is 494. The number of hydrogen-bond donors (Lipinski definition) is 1. The number of aromatic nitrogens is 2. The predicted octanol–water partition coefficient (Wildman–Crippen LogP) is 1.12. The van der Waals surface area contributed by atoms with Gasteiger partial charge in [0.15, 0.2) is 6.10 Å². The molecule has 1 aromatic heterocycles. The summed E-state index contributed by atoms with van der Waals surface area (Å²) in [4.78, 5) is 23.2. The topological polar surface area (TPSA) is 73.2 Å². The maximum Gasteiger partial charge on any atom is 0.308 e. The first-order valence-electron chi connectivity index (χ1n) is 6.53. The van der Waals surface area contributed by atoms with E-state index in [0.29, 0.717) is 13.1 Å². The summed E-state index contributed by atoms with van der Waals surface area (Å²) >= 11 is 0. The van der Waals surface area contributed by atoms with Gasteiger partial charge in [-0.15, -0.1) is 6.58 Å². The monoisotopic (exact) mass is 279 g/mol. The lowest BCUT2D eigenvalue weighted by atomic mass is 10.3. The third kappa shape index (κ3) is 4.87. The van der Waals surface area contributed by atoms with Crippen LogP contribution in [-0.4, -0.2) is 34.3 Å².